The van der Waals surface area contributed by atoms with E-state index < -0.39 is 4.92 Å². The largest absolute Gasteiger partial charge is 0.496 e. The summed E-state index contributed by atoms with van der Waals surface area (Å²) in [5, 5.41) is 18.0. The first kappa shape index (κ1) is 18.1. The lowest BCUT2D eigenvalue weighted by atomic mass is 9.89. The average Bonchev–Trinajstić information content (AvgIpc) is 3.21. The number of nitro groups is 1. The molecule has 3 aromatic rings. The van der Waals surface area contributed by atoms with Crippen molar-refractivity contribution in [3.63, 3.8) is 0 Å². The Balaban J connectivity index is 1.56. The number of nitro benzene ring substituents is 1. The van der Waals surface area contributed by atoms with Gasteiger partial charge in [-0.1, -0.05) is 24.3 Å². The van der Waals surface area contributed by atoms with Gasteiger partial charge in [0.1, 0.15) is 5.75 Å². The third-order valence-electron chi connectivity index (χ3n) is 4.65. The molecule has 0 saturated heterocycles. The van der Waals surface area contributed by atoms with Gasteiger partial charge >= 0.3 is 0 Å². The Bertz CT molecular complexity index is 1060. The smallest absolute Gasteiger partial charge is 0.270 e. The third-order valence-corrected chi connectivity index (χ3v) is 5.39. The fourth-order valence-electron chi connectivity index (χ4n) is 3.32. The van der Waals surface area contributed by atoms with Crippen LogP contribution in [0.15, 0.2) is 52.9 Å². The normalized spacial score (nSPS) is 14.5. The number of anilines is 1. The first-order chi connectivity index (χ1) is 13.7. The van der Waals surface area contributed by atoms with Gasteiger partial charge < -0.3 is 4.74 Å². The monoisotopic (exact) mass is 394 g/mol. The molecule has 4 rings (SSSR count). The predicted molar refractivity (Wildman–Crippen MR) is 110 cm³/mol. The summed E-state index contributed by atoms with van der Waals surface area (Å²) in [6.45, 7) is 0. The van der Waals surface area contributed by atoms with Crippen LogP contribution in [-0.4, -0.2) is 22.7 Å². The lowest BCUT2D eigenvalue weighted by molar-refractivity contribution is -0.384. The fourth-order valence-corrected chi connectivity index (χ4v) is 3.98. The van der Waals surface area contributed by atoms with E-state index in [1.165, 1.54) is 29.0 Å². The number of non-ortho nitro benzene ring substituents is 1. The van der Waals surface area contributed by atoms with Crippen LogP contribution < -0.4 is 10.2 Å². The molecule has 1 aliphatic rings. The minimum absolute atomic E-state index is 0.0491. The molecule has 28 heavy (non-hydrogen) atoms. The van der Waals surface area contributed by atoms with E-state index in [0.29, 0.717) is 16.4 Å². The summed E-state index contributed by atoms with van der Waals surface area (Å²) >= 11 is 1.41. The first-order valence-corrected chi connectivity index (χ1v) is 9.73. The zero-order chi connectivity index (χ0) is 19.5. The van der Waals surface area contributed by atoms with Gasteiger partial charge in [-0.15, -0.1) is 11.3 Å². The highest BCUT2D eigenvalue weighted by molar-refractivity contribution is 7.14. The highest BCUT2D eigenvalue weighted by atomic mass is 32.1. The summed E-state index contributed by atoms with van der Waals surface area (Å²) in [5.74, 6) is 0.895. The van der Waals surface area contributed by atoms with E-state index in [4.69, 9.17) is 4.74 Å². The number of fused-ring (bicyclic) bond motifs is 1. The minimum atomic E-state index is -0.407. The van der Waals surface area contributed by atoms with Gasteiger partial charge in [0.2, 0.25) is 5.13 Å². The quantitative estimate of drug-likeness (QED) is 0.492. The van der Waals surface area contributed by atoms with Crippen LogP contribution >= 0.6 is 11.3 Å². The zero-order valence-electron chi connectivity index (χ0n) is 15.2. The molecule has 0 aliphatic heterocycles. The molecule has 0 saturated carbocycles. The number of hydrazone groups is 1. The van der Waals surface area contributed by atoms with Crippen LogP contribution in [0, 0.1) is 10.1 Å². The van der Waals surface area contributed by atoms with E-state index in [0.717, 1.165) is 36.3 Å². The van der Waals surface area contributed by atoms with E-state index in [9.17, 15) is 10.1 Å². The summed E-state index contributed by atoms with van der Waals surface area (Å²) in [4.78, 5) is 15.1. The van der Waals surface area contributed by atoms with Gasteiger partial charge in [-0.05, 0) is 25.3 Å². The second-order valence-electron chi connectivity index (χ2n) is 6.36. The molecule has 0 fully saturated rings. The van der Waals surface area contributed by atoms with Crippen molar-refractivity contribution in [2.45, 2.75) is 19.3 Å². The Kier molecular flexibility index (Phi) is 5.03. The molecule has 1 aliphatic carbocycles. The minimum Gasteiger partial charge on any atom is -0.496 e. The molecule has 1 aromatic heterocycles. The van der Waals surface area contributed by atoms with Gasteiger partial charge in [0, 0.05) is 34.2 Å². The second kappa shape index (κ2) is 7.77. The molecule has 8 heteroatoms. The van der Waals surface area contributed by atoms with Crippen molar-refractivity contribution in [2.75, 3.05) is 12.5 Å². The maximum Gasteiger partial charge on any atom is 0.270 e. The van der Waals surface area contributed by atoms with Crippen LogP contribution in [0.1, 0.15) is 24.0 Å². The van der Waals surface area contributed by atoms with E-state index in [1.54, 1.807) is 19.2 Å². The van der Waals surface area contributed by atoms with Crippen LogP contribution in [0.4, 0.5) is 10.8 Å². The van der Waals surface area contributed by atoms with Crippen LogP contribution in [0.5, 0.6) is 5.75 Å². The van der Waals surface area contributed by atoms with Crippen molar-refractivity contribution >= 4 is 27.9 Å². The number of methoxy groups -OCH3 is 1. The van der Waals surface area contributed by atoms with Gasteiger partial charge in [0.15, 0.2) is 0 Å². The van der Waals surface area contributed by atoms with Crippen LogP contribution in [0.2, 0.25) is 0 Å². The summed E-state index contributed by atoms with van der Waals surface area (Å²) in [7, 11) is 1.68. The van der Waals surface area contributed by atoms with Crippen LogP contribution in [-0.2, 0) is 6.42 Å². The standard InChI is InChI=1S/C20H18N4O3S/c1-27-19-10-4-7-15-16(19)8-3-9-17(15)22-23-20-21-18(12-28-20)13-5-2-6-14(11-13)24(25)26/h2,4-7,10-12H,3,8-9H2,1H3,(H,21,23). The molecular weight excluding hydrogens is 376 g/mol. The Labute approximate surface area is 165 Å². The average molecular weight is 394 g/mol. The summed E-state index contributed by atoms with van der Waals surface area (Å²) in [5.41, 5.74) is 7.75. The number of aromatic nitrogens is 1. The molecule has 1 N–H and O–H groups in total. The molecular formula is C20H18N4O3S. The predicted octanol–water partition coefficient (Wildman–Crippen LogP) is 4.88. The number of hydrogen-bond donors (Lipinski definition) is 1. The zero-order valence-corrected chi connectivity index (χ0v) is 16.0. The van der Waals surface area contributed by atoms with Gasteiger partial charge in [0.05, 0.1) is 23.4 Å². The number of benzene rings is 2. The van der Waals surface area contributed by atoms with Crippen molar-refractivity contribution in [1.82, 2.24) is 4.98 Å². The maximum atomic E-state index is 11.0. The van der Waals surface area contributed by atoms with Crippen LogP contribution in [0.3, 0.4) is 0 Å². The van der Waals surface area contributed by atoms with Crippen molar-refractivity contribution < 1.29 is 9.66 Å². The maximum absolute atomic E-state index is 11.0. The highest BCUT2D eigenvalue weighted by Crippen LogP contribution is 2.31. The van der Waals surface area contributed by atoms with E-state index in [-0.39, 0.29) is 5.69 Å². The molecule has 1 heterocycles. The number of ether oxygens (including phenoxy) is 1. The van der Waals surface area contributed by atoms with Gasteiger partial charge in [-0.25, -0.2) is 4.98 Å². The van der Waals surface area contributed by atoms with Crippen molar-refractivity contribution in [1.29, 1.82) is 0 Å². The molecule has 0 spiro atoms. The summed E-state index contributed by atoms with van der Waals surface area (Å²) in [6.07, 6.45) is 2.88. The van der Waals surface area contributed by atoms with Gasteiger partial charge in [0.25, 0.3) is 5.69 Å². The number of thiazole rings is 1. The molecule has 0 bridgehead atoms. The van der Waals surface area contributed by atoms with Crippen LogP contribution in [0.25, 0.3) is 11.3 Å². The van der Waals surface area contributed by atoms with Crippen molar-refractivity contribution in [2.24, 2.45) is 5.10 Å². The van der Waals surface area contributed by atoms with Crippen molar-refractivity contribution in [3.8, 4) is 17.0 Å². The van der Waals surface area contributed by atoms with Crippen molar-refractivity contribution in [3.05, 3.63) is 69.1 Å². The molecule has 0 atom stereocenters. The Morgan fingerprint density at radius 1 is 1.25 bits per heavy atom. The second-order valence-corrected chi connectivity index (χ2v) is 7.21. The first-order valence-electron chi connectivity index (χ1n) is 8.85. The topological polar surface area (TPSA) is 89.7 Å². The Hall–Kier alpha value is -3.26. The SMILES string of the molecule is COc1cccc2c1CCCC2=NNc1nc(-c2cccc([N+](=O)[O-])c2)cs1. The number of rotatable bonds is 5. The van der Waals surface area contributed by atoms with Gasteiger partial charge in [-0.2, -0.15) is 5.10 Å². The third kappa shape index (κ3) is 3.59. The molecule has 0 radical (unpaired) electrons. The highest BCUT2D eigenvalue weighted by Gasteiger charge is 2.19. The summed E-state index contributed by atoms with van der Waals surface area (Å²) in [6, 6.07) is 12.5. The number of hydrogen-bond acceptors (Lipinski definition) is 7. The molecule has 7 nitrogen and oxygen atoms in total. The summed E-state index contributed by atoms with van der Waals surface area (Å²) < 4.78 is 5.47. The lowest BCUT2D eigenvalue weighted by Crippen LogP contribution is -2.14. The molecule has 0 amide bonds. The Morgan fingerprint density at radius 3 is 2.93 bits per heavy atom. The fraction of sp³-hybridized carbons (Fsp3) is 0.200. The molecule has 142 valence electrons. The van der Waals surface area contributed by atoms with E-state index >= 15 is 0 Å². The number of nitrogens with one attached hydrogen (secondary N) is 1. The lowest BCUT2D eigenvalue weighted by Gasteiger charge is -2.20. The van der Waals surface area contributed by atoms with E-state index in [1.807, 2.05) is 17.5 Å². The van der Waals surface area contributed by atoms with Gasteiger partial charge in [-0.3, -0.25) is 15.5 Å². The molecule has 2 aromatic carbocycles. The molecule has 0 unspecified atom stereocenters. The van der Waals surface area contributed by atoms with E-state index in [2.05, 4.69) is 21.6 Å². The number of nitrogens with zero attached hydrogens (tertiary/aromatic N) is 3. The Morgan fingerprint density at radius 2 is 2.11 bits per heavy atom.